The van der Waals surface area contributed by atoms with E-state index in [1.165, 1.54) is 7.11 Å². The van der Waals surface area contributed by atoms with E-state index in [9.17, 15) is 9.59 Å². The van der Waals surface area contributed by atoms with Gasteiger partial charge in [-0.15, -0.1) is 0 Å². The first-order chi connectivity index (χ1) is 11.0. The maximum absolute atomic E-state index is 12.3. The molecule has 0 saturated carbocycles. The predicted molar refractivity (Wildman–Crippen MR) is 86.1 cm³/mol. The largest absolute Gasteiger partial charge is 0.469 e. The molecule has 0 amide bonds. The van der Waals surface area contributed by atoms with Crippen LogP contribution in [0.25, 0.3) is 0 Å². The fourth-order valence-corrected chi connectivity index (χ4v) is 2.34. The van der Waals surface area contributed by atoms with Gasteiger partial charge in [-0.2, -0.15) is 0 Å². The van der Waals surface area contributed by atoms with E-state index >= 15 is 0 Å². The van der Waals surface area contributed by atoms with Crippen LogP contribution in [0.1, 0.15) is 35.9 Å². The number of ether oxygens (including phenoxy) is 2. The minimum atomic E-state index is -0.487. The van der Waals surface area contributed by atoms with Crippen LogP contribution in [0.3, 0.4) is 0 Å². The molecule has 0 aliphatic rings. The fourth-order valence-electron chi connectivity index (χ4n) is 2.34. The van der Waals surface area contributed by atoms with E-state index in [0.717, 1.165) is 5.56 Å². The third-order valence-electron chi connectivity index (χ3n) is 3.76. The van der Waals surface area contributed by atoms with Gasteiger partial charge in [-0.1, -0.05) is 30.3 Å². The van der Waals surface area contributed by atoms with Crippen molar-refractivity contribution >= 4 is 11.9 Å². The van der Waals surface area contributed by atoms with Crippen molar-refractivity contribution < 1.29 is 19.1 Å². The maximum Gasteiger partial charge on any atom is 0.354 e. The van der Waals surface area contributed by atoms with Gasteiger partial charge in [0.05, 0.1) is 19.1 Å². The summed E-state index contributed by atoms with van der Waals surface area (Å²) in [6.45, 7) is 3.67. The molecule has 0 radical (unpaired) electrons. The quantitative estimate of drug-likeness (QED) is 0.769. The lowest BCUT2D eigenvalue weighted by Gasteiger charge is -2.18. The van der Waals surface area contributed by atoms with Gasteiger partial charge >= 0.3 is 11.9 Å². The number of carbonyl (C=O) groups excluding carboxylic acids is 2. The van der Waals surface area contributed by atoms with Gasteiger partial charge in [0.25, 0.3) is 0 Å². The summed E-state index contributed by atoms with van der Waals surface area (Å²) in [4.78, 5) is 23.6. The number of hydrogen-bond donors (Lipinski definition) is 0. The van der Waals surface area contributed by atoms with Crippen LogP contribution in [0.15, 0.2) is 48.7 Å². The maximum atomic E-state index is 12.3. The highest BCUT2D eigenvalue weighted by atomic mass is 16.5. The van der Waals surface area contributed by atoms with Crippen LogP contribution >= 0.6 is 0 Å². The van der Waals surface area contributed by atoms with Crippen molar-refractivity contribution in [1.82, 2.24) is 4.57 Å². The second kappa shape index (κ2) is 7.63. The van der Waals surface area contributed by atoms with Crippen molar-refractivity contribution in [3.63, 3.8) is 0 Å². The predicted octanol–water partition coefficient (Wildman–Crippen LogP) is 3.06. The summed E-state index contributed by atoms with van der Waals surface area (Å²) in [6, 6.07) is 13.4. The van der Waals surface area contributed by atoms with Gasteiger partial charge in [0.1, 0.15) is 12.3 Å². The molecule has 122 valence electrons. The Morgan fingerprint density at radius 3 is 2.43 bits per heavy atom. The highest BCUT2D eigenvalue weighted by Gasteiger charge is 2.20. The lowest BCUT2D eigenvalue weighted by atomic mass is 10.1. The lowest BCUT2D eigenvalue weighted by molar-refractivity contribution is -0.146. The molecule has 0 N–H and O–H groups in total. The molecule has 0 fully saturated rings. The van der Waals surface area contributed by atoms with Gasteiger partial charge in [0, 0.05) is 6.20 Å². The van der Waals surface area contributed by atoms with Gasteiger partial charge in [-0.05, 0) is 31.5 Å². The Balaban J connectivity index is 2.08. The number of carbonyl (C=O) groups is 2. The molecule has 0 saturated heterocycles. The number of rotatable bonds is 6. The Morgan fingerprint density at radius 1 is 1.09 bits per heavy atom. The van der Waals surface area contributed by atoms with E-state index in [0.29, 0.717) is 5.69 Å². The average Bonchev–Trinajstić information content (AvgIpc) is 3.08. The highest BCUT2D eigenvalue weighted by molar-refractivity contribution is 5.88. The van der Waals surface area contributed by atoms with Crippen molar-refractivity contribution in [3.05, 3.63) is 59.9 Å². The van der Waals surface area contributed by atoms with Gasteiger partial charge in [-0.3, -0.25) is 4.79 Å². The number of esters is 2. The first kappa shape index (κ1) is 16.8. The molecule has 0 spiro atoms. The van der Waals surface area contributed by atoms with Crippen molar-refractivity contribution in [2.45, 2.75) is 19.9 Å². The average molecular weight is 315 g/mol. The molecule has 0 bridgehead atoms. The first-order valence-corrected chi connectivity index (χ1v) is 7.51. The molecule has 2 atom stereocenters. The van der Waals surface area contributed by atoms with Crippen LogP contribution in [0.5, 0.6) is 0 Å². The number of nitrogens with zero attached hydrogens (tertiary/aromatic N) is 1. The minimum Gasteiger partial charge on any atom is -0.469 e. The minimum absolute atomic E-state index is 0.00357. The van der Waals surface area contributed by atoms with E-state index < -0.39 is 17.9 Å². The van der Waals surface area contributed by atoms with Crippen LogP contribution in [-0.4, -0.2) is 30.2 Å². The second-order valence-electron chi connectivity index (χ2n) is 5.41. The molecule has 5 heteroatoms. The summed E-state index contributed by atoms with van der Waals surface area (Å²) >= 11 is 0. The summed E-state index contributed by atoms with van der Waals surface area (Å²) in [6.07, 6.45) is 1.85. The Labute approximate surface area is 135 Å². The molecule has 2 aromatic rings. The normalized spacial score (nSPS) is 13.2. The summed E-state index contributed by atoms with van der Waals surface area (Å²) in [5.74, 6) is -1.33. The lowest BCUT2D eigenvalue weighted by Crippen LogP contribution is -2.22. The van der Waals surface area contributed by atoms with E-state index in [4.69, 9.17) is 4.74 Å². The molecule has 1 heterocycles. The smallest absolute Gasteiger partial charge is 0.354 e. The number of hydrogen-bond acceptors (Lipinski definition) is 4. The van der Waals surface area contributed by atoms with Crippen LogP contribution in [0, 0.1) is 5.92 Å². The van der Waals surface area contributed by atoms with Gasteiger partial charge in [0.2, 0.25) is 0 Å². The van der Waals surface area contributed by atoms with E-state index in [1.54, 1.807) is 19.1 Å². The van der Waals surface area contributed by atoms with Gasteiger partial charge < -0.3 is 14.0 Å². The summed E-state index contributed by atoms with van der Waals surface area (Å²) in [7, 11) is 1.31. The van der Waals surface area contributed by atoms with Crippen LogP contribution in [0.4, 0.5) is 0 Å². The van der Waals surface area contributed by atoms with E-state index in [1.807, 2.05) is 48.0 Å². The third-order valence-corrected chi connectivity index (χ3v) is 3.76. The zero-order chi connectivity index (χ0) is 16.8. The van der Waals surface area contributed by atoms with Crippen LogP contribution in [0.2, 0.25) is 0 Å². The van der Waals surface area contributed by atoms with Crippen LogP contribution < -0.4 is 0 Å². The monoisotopic (exact) mass is 315 g/mol. The van der Waals surface area contributed by atoms with Crippen molar-refractivity contribution in [2.24, 2.45) is 5.92 Å². The molecule has 0 aliphatic carbocycles. The topological polar surface area (TPSA) is 57.5 Å². The summed E-state index contributed by atoms with van der Waals surface area (Å²) < 4.78 is 11.7. The molecule has 1 aromatic carbocycles. The summed E-state index contributed by atoms with van der Waals surface area (Å²) in [5, 5.41) is 0. The molecule has 0 aliphatic heterocycles. The molecular weight excluding hydrogens is 294 g/mol. The Bertz CT molecular complexity index is 663. The number of aromatic nitrogens is 1. The van der Waals surface area contributed by atoms with E-state index in [2.05, 4.69) is 4.74 Å². The Hall–Kier alpha value is -2.56. The molecule has 1 aromatic heterocycles. The first-order valence-electron chi connectivity index (χ1n) is 7.51. The fraction of sp³-hybridized carbons (Fsp3) is 0.333. The highest BCUT2D eigenvalue weighted by Crippen LogP contribution is 2.20. The zero-order valence-electron chi connectivity index (χ0n) is 13.6. The summed E-state index contributed by atoms with van der Waals surface area (Å²) in [5.41, 5.74) is 1.55. The third kappa shape index (κ3) is 4.00. The standard InChI is InChI=1S/C18H21NO4/c1-13(17(20)22-3)12-23-18(21)16-10-7-11-19(16)14(2)15-8-5-4-6-9-15/h4-11,13-14H,12H2,1-3H3/t13-,14-/m1/s1. The van der Waals surface area contributed by atoms with Gasteiger partial charge in [0.15, 0.2) is 0 Å². The molecule has 5 nitrogen and oxygen atoms in total. The van der Waals surface area contributed by atoms with Crippen LogP contribution in [-0.2, 0) is 14.3 Å². The molecule has 23 heavy (non-hydrogen) atoms. The van der Waals surface area contributed by atoms with Crippen molar-refractivity contribution in [1.29, 1.82) is 0 Å². The molecule has 0 unspecified atom stereocenters. The number of benzene rings is 1. The SMILES string of the molecule is COC(=O)[C@H](C)COC(=O)c1cccn1[C@H](C)c1ccccc1. The number of methoxy groups -OCH3 is 1. The molecular formula is C18H21NO4. The van der Waals surface area contributed by atoms with E-state index in [-0.39, 0.29) is 12.6 Å². The second-order valence-corrected chi connectivity index (χ2v) is 5.41. The van der Waals surface area contributed by atoms with Crippen molar-refractivity contribution in [2.75, 3.05) is 13.7 Å². The van der Waals surface area contributed by atoms with Crippen molar-refractivity contribution in [3.8, 4) is 0 Å². The Morgan fingerprint density at radius 2 is 1.78 bits per heavy atom. The zero-order valence-corrected chi connectivity index (χ0v) is 13.6. The van der Waals surface area contributed by atoms with Gasteiger partial charge in [-0.25, -0.2) is 4.79 Å². The molecule has 2 rings (SSSR count). The Kier molecular flexibility index (Phi) is 5.57.